The van der Waals surface area contributed by atoms with Gasteiger partial charge >= 0.3 is 5.97 Å². The number of aliphatic hydroxyl groups excluding tert-OH is 1. The van der Waals surface area contributed by atoms with Crippen LogP contribution in [0.1, 0.15) is 80.1 Å². The molecule has 8 nitrogen and oxygen atoms in total. The summed E-state index contributed by atoms with van der Waals surface area (Å²) in [7, 11) is 0. The first-order valence-corrected chi connectivity index (χ1v) is 15.8. The lowest BCUT2D eigenvalue weighted by Crippen LogP contribution is -2.45. The molecule has 2 heterocycles. The monoisotopic (exact) mass is 600 g/mol. The Kier molecular flexibility index (Phi) is 11.2. The molecule has 0 spiro atoms. The van der Waals surface area contributed by atoms with Crippen molar-refractivity contribution in [3.05, 3.63) is 95.1 Å². The molecule has 0 bridgehead atoms. The maximum atomic E-state index is 12.3. The first kappa shape index (κ1) is 31.9. The summed E-state index contributed by atoms with van der Waals surface area (Å²) in [5.41, 5.74) is 5.94. The molecule has 1 amide bonds. The lowest BCUT2D eigenvalue weighted by atomic mass is 9.89. The summed E-state index contributed by atoms with van der Waals surface area (Å²) < 4.78 is 13.3. The molecule has 8 heteroatoms. The van der Waals surface area contributed by atoms with E-state index in [0.717, 1.165) is 53.0 Å². The lowest BCUT2D eigenvalue weighted by molar-refractivity contribution is -0.276. The van der Waals surface area contributed by atoms with E-state index in [1.807, 2.05) is 36.4 Å². The fourth-order valence-corrected chi connectivity index (χ4v) is 6.18. The Morgan fingerprint density at radius 3 is 2.30 bits per heavy atom. The van der Waals surface area contributed by atoms with Crippen molar-refractivity contribution in [3.63, 3.8) is 0 Å². The number of nitrogens with one attached hydrogen (secondary N) is 1. The zero-order valence-electron chi connectivity index (χ0n) is 25.5. The first-order chi connectivity index (χ1) is 21.4. The molecule has 234 valence electrons. The maximum absolute atomic E-state index is 12.3. The second-order valence-corrected chi connectivity index (χ2v) is 12.0. The zero-order chi connectivity index (χ0) is 30.9. The highest BCUT2D eigenvalue weighted by atomic mass is 16.7. The van der Waals surface area contributed by atoms with Gasteiger partial charge in [0.2, 0.25) is 5.91 Å². The molecule has 3 aromatic carbocycles. The van der Waals surface area contributed by atoms with E-state index in [4.69, 9.17) is 14.6 Å². The second kappa shape index (κ2) is 15.4. The van der Waals surface area contributed by atoms with Crippen molar-refractivity contribution in [2.45, 2.75) is 77.1 Å². The fraction of sp³-hybridized carbons (Fsp3) is 0.444. The standard InChI is InChI=1S/C36H44N2O6/c1-25-32(23-38-20-5-2-6-21-38)43-36(44-35(25)28-14-12-26(24-39)13-15-28)29-18-16-27(17-19-29)31-9-4-3-8-30(31)22-37-33(40)10-7-11-34(41)42/h3-4,8-9,12-19,25,32,35-36,39H,2,5-7,10-11,20-24H2,1H3,(H,37,40)(H,41,42)/t25-,32+,35+,36+/m1/s1. The van der Waals surface area contributed by atoms with Crippen LogP contribution >= 0.6 is 0 Å². The third kappa shape index (κ3) is 8.33. The molecule has 0 aliphatic carbocycles. The molecule has 44 heavy (non-hydrogen) atoms. The van der Waals surface area contributed by atoms with Crippen LogP contribution in [0.4, 0.5) is 0 Å². The van der Waals surface area contributed by atoms with Crippen molar-refractivity contribution in [2.24, 2.45) is 5.92 Å². The maximum Gasteiger partial charge on any atom is 0.303 e. The molecule has 4 atom stereocenters. The highest BCUT2D eigenvalue weighted by molar-refractivity contribution is 5.77. The van der Waals surface area contributed by atoms with Gasteiger partial charge in [0.25, 0.3) is 0 Å². The zero-order valence-corrected chi connectivity index (χ0v) is 25.5. The van der Waals surface area contributed by atoms with Crippen LogP contribution in [0.25, 0.3) is 11.1 Å². The summed E-state index contributed by atoms with van der Waals surface area (Å²) in [6.45, 7) is 5.67. The van der Waals surface area contributed by atoms with Crippen LogP contribution in [0, 0.1) is 5.92 Å². The number of ether oxygens (including phenoxy) is 2. The van der Waals surface area contributed by atoms with Crippen molar-refractivity contribution in [3.8, 4) is 11.1 Å². The average molecular weight is 601 g/mol. The Balaban J connectivity index is 1.31. The number of carbonyl (C=O) groups is 2. The van der Waals surface area contributed by atoms with E-state index in [1.54, 1.807) is 0 Å². The minimum absolute atomic E-state index is 0.00822. The summed E-state index contributed by atoms with van der Waals surface area (Å²) in [4.78, 5) is 25.5. The SMILES string of the molecule is C[C@@H]1[C@H](CN2CCCCC2)O[C@H](c2ccc(-c3ccccc3CNC(=O)CCCC(=O)O)cc2)O[C@@H]1c1ccc(CO)cc1. The van der Waals surface area contributed by atoms with Crippen molar-refractivity contribution in [2.75, 3.05) is 19.6 Å². The molecule has 3 N–H and O–H groups in total. The molecule has 5 rings (SSSR count). The molecule has 0 saturated carbocycles. The number of likely N-dealkylation sites (tertiary alicyclic amines) is 1. The summed E-state index contributed by atoms with van der Waals surface area (Å²) in [5.74, 6) is -0.898. The minimum Gasteiger partial charge on any atom is -0.481 e. The van der Waals surface area contributed by atoms with Crippen LogP contribution in [-0.4, -0.2) is 52.7 Å². The third-order valence-corrected chi connectivity index (χ3v) is 8.79. The average Bonchev–Trinajstić information content (AvgIpc) is 3.05. The summed E-state index contributed by atoms with van der Waals surface area (Å²) >= 11 is 0. The van der Waals surface area contributed by atoms with E-state index < -0.39 is 12.3 Å². The number of carboxylic acids is 1. The summed E-state index contributed by atoms with van der Waals surface area (Å²) in [6, 6.07) is 24.2. The molecule has 2 saturated heterocycles. The highest BCUT2D eigenvalue weighted by Gasteiger charge is 2.39. The second-order valence-electron chi connectivity index (χ2n) is 12.0. The Hall–Kier alpha value is -3.56. The lowest BCUT2D eigenvalue weighted by Gasteiger charge is -2.43. The molecule has 2 fully saturated rings. The summed E-state index contributed by atoms with van der Waals surface area (Å²) in [6.07, 6.45) is 3.59. The largest absolute Gasteiger partial charge is 0.481 e. The fourth-order valence-electron chi connectivity index (χ4n) is 6.18. The van der Waals surface area contributed by atoms with E-state index in [1.165, 1.54) is 19.3 Å². The predicted octanol–water partition coefficient (Wildman–Crippen LogP) is 5.99. The Bertz CT molecular complexity index is 1370. The normalized spacial score (nSPS) is 22.4. The number of amides is 1. The van der Waals surface area contributed by atoms with Crippen molar-refractivity contribution < 1.29 is 29.3 Å². The molecular weight excluding hydrogens is 556 g/mol. The van der Waals surface area contributed by atoms with E-state index in [9.17, 15) is 14.7 Å². The Labute approximate surface area is 260 Å². The summed E-state index contributed by atoms with van der Waals surface area (Å²) in [5, 5.41) is 21.3. The van der Waals surface area contributed by atoms with Gasteiger partial charge in [-0.15, -0.1) is 0 Å². The van der Waals surface area contributed by atoms with Crippen LogP contribution in [0.2, 0.25) is 0 Å². The van der Waals surface area contributed by atoms with Gasteiger partial charge in [0.05, 0.1) is 18.8 Å². The van der Waals surface area contributed by atoms with E-state index in [0.29, 0.717) is 13.0 Å². The van der Waals surface area contributed by atoms with Crippen LogP contribution in [0.3, 0.4) is 0 Å². The topological polar surface area (TPSA) is 108 Å². The number of hydrogen-bond donors (Lipinski definition) is 3. The van der Waals surface area contributed by atoms with E-state index >= 15 is 0 Å². The predicted molar refractivity (Wildman–Crippen MR) is 168 cm³/mol. The van der Waals surface area contributed by atoms with Crippen LogP contribution in [-0.2, 0) is 32.2 Å². The van der Waals surface area contributed by atoms with Crippen molar-refractivity contribution >= 4 is 11.9 Å². The van der Waals surface area contributed by atoms with Gasteiger partial charge in [-0.25, -0.2) is 0 Å². The molecule has 0 aromatic heterocycles. The minimum atomic E-state index is -0.894. The number of rotatable bonds is 12. The van der Waals surface area contributed by atoms with Gasteiger partial charge in [-0.05, 0) is 60.2 Å². The molecule has 0 unspecified atom stereocenters. The number of hydrogen-bond acceptors (Lipinski definition) is 6. The number of carboxylic acid groups (broad SMARTS) is 1. The van der Waals surface area contributed by atoms with E-state index in [2.05, 4.69) is 53.5 Å². The van der Waals surface area contributed by atoms with Gasteiger partial charge in [0.15, 0.2) is 6.29 Å². The molecule has 0 radical (unpaired) electrons. The van der Waals surface area contributed by atoms with Gasteiger partial charge in [-0.2, -0.15) is 0 Å². The quantitative estimate of drug-likeness (QED) is 0.234. The van der Waals surface area contributed by atoms with Crippen LogP contribution < -0.4 is 5.32 Å². The smallest absolute Gasteiger partial charge is 0.303 e. The number of nitrogens with zero attached hydrogens (tertiary/aromatic N) is 1. The number of benzene rings is 3. The Morgan fingerprint density at radius 1 is 0.886 bits per heavy atom. The first-order valence-electron chi connectivity index (χ1n) is 15.8. The van der Waals surface area contributed by atoms with Crippen LogP contribution in [0.5, 0.6) is 0 Å². The van der Waals surface area contributed by atoms with Gasteiger partial charge in [-0.3, -0.25) is 9.59 Å². The highest BCUT2D eigenvalue weighted by Crippen LogP contribution is 2.42. The molecule has 3 aromatic rings. The number of piperidine rings is 1. The number of carbonyl (C=O) groups excluding carboxylic acids is 1. The number of aliphatic carboxylic acids is 1. The van der Waals surface area contributed by atoms with Gasteiger partial charge in [0.1, 0.15) is 0 Å². The van der Waals surface area contributed by atoms with Gasteiger partial charge in [0, 0.05) is 37.4 Å². The molecule has 2 aliphatic heterocycles. The van der Waals surface area contributed by atoms with E-state index in [-0.39, 0.29) is 43.5 Å². The Morgan fingerprint density at radius 2 is 1.59 bits per heavy atom. The van der Waals surface area contributed by atoms with Crippen LogP contribution in [0.15, 0.2) is 72.8 Å². The van der Waals surface area contributed by atoms with Gasteiger partial charge in [-0.1, -0.05) is 86.1 Å². The van der Waals surface area contributed by atoms with Crippen molar-refractivity contribution in [1.82, 2.24) is 10.2 Å². The van der Waals surface area contributed by atoms with Crippen molar-refractivity contribution in [1.29, 1.82) is 0 Å². The number of aliphatic hydroxyl groups is 1. The van der Waals surface area contributed by atoms with Gasteiger partial charge < -0.3 is 29.9 Å². The third-order valence-electron chi connectivity index (χ3n) is 8.79. The molecular formula is C36H44N2O6. The molecule has 2 aliphatic rings.